The standard InChI is InChI=1S/C21H19N3O7S2/c1-31-19-10-8-17(9-11-19)23-24-18-7-5-15(21(13-18)33(28,29)30)3-2-14-4-6-16(22)12-20(14)32(25,26)27/h2-13H,22H2,1H3,(H,25,26,27)(H,28,29,30)/b3-2+,24-23?. The first-order valence-electron chi connectivity index (χ1n) is 9.20. The minimum atomic E-state index is -4.65. The highest BCUT2D eigenvalue weighted by Gasteiger charge is 2.17. The fourth-order valence-corrected chi connectivity index (χ4v) is 4.22. The van der Waals surface area contributed by atoms with Crippen molar-refractivity contribution in [1.82, 2.24) is 0 Å². The molecule has 172 valence electrons. The molecule has 0 saturated carbocycles. The quantitative estimate of drug-likeness (QED) is 0.190. The van der Waals surface area contributed by atoms with Crippen LogP contribution >= 0.6 is 0 Å². The Bertz CT molecular complexity index is 1450. The number of nitrogen functional groups attached to an aromatic ring is 1. The molecule has 0 fully saturated rings. The molecule has 3 aromatic carbocycles. The average molecular weight is 490 g/mol. The maximum atomic E-state index is 11.9. The van der Waals surface area contributed by atoms with Crippen LogP contribution in [0.1, 0.15) is 11.1 Å². The predicted octanol–water partition coefficient (Wildman–Crippen LogP) is 4.36. The number of rotatable bonds is 7. The van der Waals surface area contributed by atoms with Gasteiger partial charge >= 0.3 is 0 Å². The average Bonchev–Trinajstić information content (AvgIpc) is 2.76. The third kappa shape index (κ3) is 6.23. The Hall–Kier alpha value is -3.58. The summed E-state index contributed by atoms with van der Waals surface area (Å²) in [4.78, 5) is -0.911. The van der Waals surface area contributed by atoms with Crippen molar-refractivity contribution in [2.24, 2.45) is 10.2 Å². The van der Waals surface area contributed by atoms with E-state index in [0.29, 0.717) is 11.4 Å². The highest BCUT2D eigenvalue weighted by atomic mass is 32.2. The van der Waals surface area contributed by atoms with Crippen LogP contribution < -0.4 is 10.5 Å². The van der Waals surface area contributed by atoms with Gasteiger partial charge in [-0.05, 0) is 59.7 Å². The van der Waals surface area contributed by atoms with E-state index in [1.54, 1.807) is 24.3 Å². The molecule has 33 heavy (non-hydrogen) atoms. The number of nitrogens with zero attached hydrogens (tertiary/aromatic N) is 2. The number of azo groups is 1. The van der Waals surface area contributed by atoms with E-state index in [4.69, 9.17) is 10.5 Å². The molecule has 0 spiro atoms. The van der Waals surface area contributed by atoms with Crippen LogP contribution in [-0.2, 0) is 20.2 Å². The van der Waals surface area contributed by atoms with Crippen molar-refractivity contribution in [1.29, 1.82) is 0 Å². The number of methoxy groups -OCH3 is 1. The second-order valence-corrected chi connectivity index (χ2v) is 9.48. The molecular formula is C21H19N3O7S2. The van der Waals surface area contributed by atoms with E-state index in [1.165, 1.54) is 43.5 Å². The summed E-state index contributed by atoms with van der Waals surface area (Å²) < 4.78 is 71.2. The van der Waals surface area contributed by atoms with E-state index in [1.807, 2.05) is 0 Å². The maximum absolute atomic E-state index is 11.9. The normalized spacial score (nSPS) is 12.5. The summed E-state index contributed by atoms with van der Waals surface area (Å²) in [6.45, 7) is 0. The van der Waals surface area contributed by atoms with Crippen molar-refractivity contribution < 1.29 is 30.7 Å². The molecule has 0 unspecified atom stereocenters. The first-order valence-corrected chi connectivity index (χ1v) is 12.1. The van der Waals surface area contributed by atoms with E-state index in [2.05, 4.69) is 10.2 Å². The minimum Gasteiger partial charge on any atom is -0.497 e. The fourth-order valence-electron chi connectivity index (χ4n) is 2.80. The maximum Gasteiger partial charge on any atom is 0.295 e. The summed E-state index contributed by atoms with van der Waals surface area (Å²) in [6.07, 6.45) is 2.54. The van der Waals surface area contributed by atoms with Gasteiger partial charge in [0.15, 0.2) is 0 Å². The molecule has 0 aliphatic carbocycles. The molecule has 0 radical (unpaired) electrons. The summed E-state index contributed by atoms with van der Waals surface area (Å²) in [5.41, 5.74) is 6.46. The Morgan fingerprint density at radius 2 is 1.24 bits per heavy atom. The van der Waals surface area contributed by atoms with Gasteiger partial charge in [0.1, 0.15) is 15.5 Å². The topological polar surface area (TPSA) is 169 Å². The molecule has 0 atom stereocenters. The van der Waals surface area contributed by atoms with Crippen molar-refractivity contribution in [3.05, 3.63) is 71.8 Å². The molecule has 0 heterocycles. The molecule has 4 N–H and O–H groups in total. The predicted molar refractivity (Wildman–Crippen MR) is 123 cm³/mol. The Morgan fingerprint density at radius 1 is 0.758 bits per heavy atom. The molecule has 0 amide bonds. The second-order valence-electron chi connectivity index (χ2n) is 6.70. The van der Waals surface area contributed by atoms with Crippen LogP contribution in [0.25, 0.3) is 12.2 Å². The Balaban J connectivity index is 1.98. The second kappa shape index (κ2) is 9.50. The zero-order valence-electron chi connectivity index (χ0n) is 17.2. The SMILES string of the molecule is COc1ccc(N=Nc2ccc(/C=C/c3ccc(N)cc3S(=O)(=O)O)c(S(=O)(=O)O)c2)cc1. The van der Waals surface area contributed by atoms with Crippen molar-refractivity contribution in [2.45, 2.75) is 9.79 Å². The zero-order valence-corrected chi connectivity index (χ0v) is 18.8. The Morgan fingerprint density at radius 3 is 1.79 bits per heavy atom. The Kier molecular flexibility index (Phi) is 6.93. The number of hydrogen-bond acceptors (Lipinski definition) is 8. The van der Waals surface area contributed by atoms with Crippen LogP contribution in [0.3, 0.4) is 0 Å². The molecule has 0 aliphatic rings. The minimum absolute atomic E-state index is 0.0546. The van der Waals surface area contributed by atoms with Gasteiger partial charge in [0.2, 0.25) is 0 Å². The lowest BCUT2D eigenvalue weighted by Crippen LogP contribution is -2.02. The molecule has 0 bridgehead atoms. The van der Waals surface area contributed by atoms with E-state index in [0.717, 1.165) is 12.1 Å². The first kappa shape index (κ1) is 24.1. The van der Waals surface area contributed by atoms with E-state index >= 15 is 0 Å². The summed E-state index contributed by atoms with van der Waals surface area (Å²) >= 11 is 0. The van der Waals surface area contributed by atoms with Gasteiger partial charge in [-0.15, -0.1) is 0 Å². The van der Waals surface area contributed by atoms with Gasteiger partial charge in [-0.3, -0.25) is 9.11 Å². The largest absolute Gasteiger partial charge is 0.497 e. The van der Waals surface area contributed by atoms with Gasteiger partial charge in [0.05, 0.1) is 18.5 Å². The fraction of sp³-hybridized carbons (Fsp3) is 0.0476. The van der Waals surface area contributed by atoms with Crippen LogP contribution in [0.5, 0.6) is 5.75 Å². The first-order chi connectivity index (χ1) is 15.5. The molecule has 12 heteroatoms. The van der Waals surface area contributed by atoms with Crippen LogP contribution in [0.4, 0.5) is 17.1 Å². The number of anilines is 1. The van der Waals surface area contributed by atoms with E-state index in [9.17, 15) is 25.9 Å². The third-order valence-corrected chi connectivity index (χ3v) is 6.21. The van der Waals surface area contributed by atoms with Gasteiger partial charge in [-0.1, -0.05) is 24.3 Å². The summed E-state index contributed by atoms with van der Waals surface area (Å²) in [5, 5.41) is 7.99. The zero-order chi connectivity index (χ0) is 24.2. The lowest BCUT2D eigenvalue weighted by atomic mass is 10.1. The van der Waals surface area contributed by atoms with Crippen LogP contribution in [-0.4, -0.2) is 33.1 Å². The molecule has 10 nitrogen and oxygen atoms in total. The number of hydrogen-bond donors (Lipinski definition) is 3. The molecule has 0 aromatic heterocycles. The summed E-state index contributed by atoms with van der Waals surface area (Å²) in [6, 6.07) is 14.5. The number of nitrogens with two attached hydrogens (primary N) is 1. The Labute approximate surface area is 190 Å². The molecule has 3 aromatic rings. The summed E-state index contributed by atoms with van der Waals surface area (Å²) in [7, 11) is -7.70. The molecular weight excluding hydrogens is 470 g/mol. The van der Waals surface area contributed by atoms with Gasteiger partial charge in [-0.25, -0.2) is 0 Å². The number of benzene rings is 3. The lowest BCUT2D eigenvalue weighted by Gasteiger charge is -2.06. The highest BCUT2D eigenvalue weighted by Crippen LogP contribution is 2.28. The lowest BCUT2D eigenvalue weighted by molar-refractivity contribution is 0.415. The van der Waals surface area contributed by atoms with E-state index < -0.39 is 30.0 Å². The molecule has 0 saturated heterocycles. The van der Waals surface area contributed by atoms with Gasteiger partial charge in [0.25, 0.3) is 20.2 Å². The van der Waals surface area contributed by atoms with Gasteiger partial charge < -0.3 is 10.5 Å². The number of ether oxygens (including phenoxy) is 1. The summed E-state index contributed by atoms with van der Waals surface area (Å²) in [5.74, 6) is 0.636. The van der Waals surface area contributed by atoms with Crippen LogP contribution in [0, 0.1) is 0 Å². The third-order valence-electron chi connectivity index (χ3n) is 4.39. The van der Waals surface area contributed by atoms with Crippen molar-refractivity contribution in [3.63, 3.8) is 0 Å². The van der Waals surface area contributed by atoms with Gasteiger partial charge in [-0.2, -0.15) is 27.1 Å². The molecule has 3 rings (SSSR count). The monoisotopic (exact) mass is 489 g/mol. The van der Waals surface area contributed by atoms with Gasteiger partial charge in [0, 0.05) is 5.69 Å². The highest BCUT2D eigenvalue weighted by molar-refractivity contribution is 7.86. The molecule has 0 aliphatic heterocycles. The van der Waals surface area contributed by atoms with Crippen molar-refractivity contribution in [2.75, 3.05) is 12.8 Å². The van der Waals surface area contributed by atoms with Crippen LogP contribution in [0.2, 0.25) is 0 Å². The van der Waals surface area contributed by atoms with E-state index in [-0.39, 0.29) is 22.5 Å². The van der Waals surface area contributed by atoms with Crippen molar-refractivity contribution >= 4 is 49.5 Å². The van der Waals surface area contributed by atoms with Crippen LogP contribution in [0.15, 0.2) is 80.7 Å². The smallest absolute Gasteiger partial charge is 0.295 e. The van der Waals surface area contributed by atoms with Crippen molar-refractivity contribution in [3.8, 4) is 5.75 Å².